The number of nitrogens with one attached hydrogen (secondary N) is 1. The predicted octanol–water partition coefficient (Wildman–Crippen LogP) is 3.22. The van der Waals surface area contributed by atoms with Crippen molar-refractivity contribution < 1.29 is 9.53 Å². The van der Waals surface area contributed by atoms with Crippen molar-refractivity contribution in [2.24, 2.45) is 0 Å². The van der Waals surface area contributed by atoms with Crippen molar-refractivity contribution in [3.05, 3.63) is 59.4 Å². The Morgan fingerprint density at radius 1 is 1.30 bits per heavy atom. The Hall–Kier alpha value is -2.36. The van der Waals surface area contributed by atoms with E-state index in [-0.39, 0.29) is 11.9 Å². The van der Waals surface area contributed by atoms with Crippen LogP contribution >= 0.6 is 0 Å². The molecule has 1 atom stereocenters. The number of aryl methyl sites for hydroxylation is 2. The van der Waals surface area contributed by atoms with Gasteiger partial charge in [0.1, 0.15) is 5.75 Å². The van der Waals surface area contributed by atoms with Crippen LogP contribution in [0.3, 0.4) is 0 Å². The van der Waals surface area contributed by atoms with E-state index in [4.69, 9.17) is 4.74 Å². The lowest BCUT2D eigenvalue weighted by molar-refractivity contribution is -0.121. The minimum atomic E-state index is 0.107. The highest BCUT2D eigenvalue weighted by molar-refractivity contribution is 5.76. The van der Waals surface area contributed by atoms with Crippen LogP contribution in [-0.2, 0) is 17.6 Å². The number of methoxy groups -OCH3 is 1. The average molecular weight is 310 g/mol. The monoisotopic (exact) mass is 310 g/mol. The molecule has 0 bridgehead atoms. The van der Waals surface area contributed by atoms with E-state index in [1.54, 1.807) is 19.5 Å². The van der Waals surface area contributed by atoms with Gasteiger partial charge in [-0.05, 0) is 66.6 Å². The van der Waals surface area contributed by atoms with Gasteiger partial charge in [-0.1, -0.05) is 6.07 Å². The Morgan fingerprint density at radius 3 is 2.91 bits per heavy atom. The normalized spacial score (nSPS) is 16.5. The molecule has 1 N–H and O–H groups in total. The van der Waals surface area contributed by atoms with Crippen molar-refractivity contribution in [3.8, 4) is 5.75 Å². The standard InChI is InChI=1S/C19H22N2O2/c1-23-16-6-7-17-15(13-16)3-2-4-18(17)21-19(22)8-5-14-9-11-20-12-10-14/h6-7,9-13,18H,2-5,8H2,1H3,(H,21,22)/t18-/m0/s1. The molecule has 1 aromatic heterocycles. The number of nitrogens with zero attached hydrogens (tertiary/aromatic N) is 1. The van der Waals surface area contributed by atoms with Gasteiger partial charge in [-0.2, -0.15) is 0 Å². The van der Waals surface area contributed by atoms with E-state index in [0.29, 0.717) is 6.42 Å². The largest absolute Gasteiger partial charge is 0.497 e. The highest BCUT2D eigenvalue weighted by Gasteiger charge is 2.22. The molecule has 0 saturated carbocycles. The number of carbonyl (C=O) groups excluding carboxylic acids is 1. The summed E-state index contributed by atoms with van der Waals surface area (Å²) >= 11 is 0. The minimum absolute atomic E-state index is 0.107. The van der Waals surface area contributed by atoms with Crippen molar-refractivity contribution in [2.75, 3.05) is 7.11 Å². The van der Waals surface area contributed by atoms with Crippen molar-refractivity contribution >= 4 is 5.91 Å². The van der Waals surface area contributed by atoms with Crippen LogP contribution in [0.2, 0.25) is 0 Å². The summed E-state index contributed by atoms with van der Waals surface area (Å²) in [5.74, 6) is 0.990. The van der Waals surface area contributed by atoms with Crippen LogP contribution in [0.4, 0.5) is 0 Å². The zero-order valence-electron chi connectivity index (χ0n) is 13.4. The van der Waals surface area contributed by atoms with E-state index >= 15 is 0 Å². The summed E-state index contributed by atoms with van der Waals surface area (Å²) < 4.78 is 5.29. The molecule has 4 nitrogen and oxygen atoms in total. The third-order valence-corrected chi connectivity index (χ3v) is 4.39. The Bertz CT molecular complexity index is 670. The third kappa shape index (κ3) is 3.89. The summed E-state index contributed by atoms with van der Waals surface area (Å²) in [4.78, 5) is 16.3. The lowest BCUT2D eigenvalue weighted by Crippen LogP contribution is -2.31. The van der Waals surface area contributed by atoms with Crippen LogP contribution in [0.25, 0.3) is 0 Å². The fraction of sp³-hybridized carbons (Fsp3) is 0.368. The van der Waals surface area contributed by atoms with Crippen molar-refractivity contribution in [3.63, 3.8) is 0 Å². The molecule has 3 rings (SSSR count). The van der Waals surface area contributed by atoms with E-state index < -0.39 is 0 Å². The highest BCUT2D eigenvalue weighted by atomic mass is 16.5. The summed E-state index contributed by atoms with van der Waals surface area (Å²) in [6, 6.07) is 10.2. The maximum atomic E-state index is 12.3. The molecule has 0 aliphatic heterocycles. The zero-order valence-corrected chi connectivity index (χ0v) is 13.4. The molecule has 1 aromatic carbocycles. The maximum absolute atomic E-state index is 12.3. The maximum Gasteiger partial charge on any atom is 0.220 e. The lowest BCUT2D eigenvalue weighted by atomic mass is 9.87. The summed E-state index contributed by atoms with van der Waals surface area (Å²) in [5, 5.41) is 3.19. The fourth-order valence-corrected chi connectivity index (χ4v) is 3.14. The Labute approximate surface area is 136 Å². The van der Waals surface area contributed by atoms with E-state index in [0.717, 1.165) is 37.0 Å². The van der Waals surface area contributed by atoms with Crippen LogP contribution in [0.15, 0.2) is 42.7 Å². The van der Waals surface area contributed by atoms with Gasteiger partial charge in [-0.15, -0.1) is 0 Å². The highest BCUT2D eigenvalue weighted by Crippen LogP contribution is 2.32. The van der Waals surface area contributed by atoms with E-state index in [9.17, 15) is 4.79 Å². The van der Waals surface area contributed by atoms with Gasteiger partial charge in [0.25, 0.3) is 0 Å². The lowest BCUT2D eigenvalue weighted by Gasteiger charge is -2.27. The Morgan fingerprint density at radius 2 is 2.13 bits per heavy atom. The van der Waals surface area contributed by atoms with E-state index in [2.05, 4.69) is 22.4 Å². The zero-order chi connectivity index (χ0) is 16.1. The van der Waals surface area contributed by atoms with Gasteiger partial charge >= 0.3 is 0 Å². The molecule has 120 valence electrons. The van der Waals surface area contributed by atoms with Crippen molar-refractivity contribution in [1.82, 2.24) is 10.3 Å². The van der Waals surface area contributed by atoms with Crippen LogP contribution in [0.5, 0.6) is 5.75 Å². The van der Waals surface area contributed by atoms with Crippen LogP contribution in [0.1, 0.15) is 42.0 Å². The SMILES string of the molecule is COc1ccc2c(c1)CCC[C@@H]2NC(=O)CCc1ccncc1. The van der Waals surface area contributed by atoms with Crippen LogP contribution in [-0.4, -0.2) is 18.0 Å². The molecule has 1 aliphatic carbocycles. The van der Waals surface area contributed by atoms with Gasteiger partial charge in [0, 0.05) is 18.8 Å². The molecule has 2 aromatic rings. The summed E-state index contributed by atoms with van der Waals surface area (Å²) in [5.41, 5.74) is 3.66. The molecule has 23 heavy (non-hydrogen) atoms. The average Bonchev–Trinajstić information content (AvgIpc) is 2.60. The van der Waals surface area contributed by atoms with Crippen LogP contribution < -0.4 is 10.1 Å². The fourth-order valence-electron chi connectivity index (χ4n) is 3.14. The number of benzene rings is 1. The summed E-state index contributed by atoms with van der Waals surface area (Å²) in [6.07, 6.45) is 7.92. The van der Waals surface area contributed by atoms with Gasteiger partial charge in [0.15, 0.2) is 0 Å². The minimum Gasteiger partial charge on any atom is -0.497 e. The number of pyridine rings is 1. The molecule has 0 unspecified atom stereocenters. The number of aromatic nitrogens is 1. The number of hydrogen-bond donors (Lipinski definition) is 1. The molecule has 0 spiro atoms. The molecule has 0 saturated heterocycles. The topological polar surface area (TPSA) is 51.2 Å². The molecule has 1 aliphatic rings. The Balaban J connectivity index is 1.61. The van der Waals surface area contributed by atoms with Gasteiger partial charge in [-0.25, -0.2) is 0 Å². The molecule has 4 heteroatoms. The number of rotatable bonds is 5. The smallest absolute Gasteiger partial charge is 0.220 e. The third-order valence-electron chi connectivity index (χ3n) is 4.39. The van der Waals surface area contributed by atoms with Gasteiger partial charge in [-0.3, -0.25) is 9.78 Å². The first-order valence-corrected chi connectivity index (χ1v) is 8.11. The molecule has 1 amide bonds. The van der Waals surface area contributed by atoms with Crippen LogP contribution in [0, 0.1) is 0 Å². The number of ether oxygens (including phenoxy) is 1. The number of carbonyl (C=O) groups is 1. The second-order valence-electron chi connectivity index (χ2n) is 5.93. The number of amides is 1. The molecule has 1 heterocycles. The van der Waals surface area contributed by atoms with Crippen molar-refractivity contribution in [1.29, 1.82) is 0 Å². The number of hydrogen-bond acceptors (Lipinski definition) is 3. The van der Waals surface area contributed by atoms with E-state index in [1.165, 1.54) is 11.1 Å². The first-order valence-electron chi connectivity index (χ1n) is 8.11. The molecular formula is C19H22N2O2. The first-order chi connectivity index (χ1) is 11.3. The van der Waals surface area contributed by atoms with Gasteiger partial charge < -0.3 is 10.1 Å². The predicted molar refractivity (Wildman–Crippen MR) is 89.4 cm³/mol. The summed E-state index contributed by atoms with van der Waals surface area (Å²) in [7, 11) is 1.68. The van der Waals surface area contributed by atoms with Gasteiger partial charge in [0.05, 0.1) is 13.2 Å². The quantitative estimate of drug-likeness (QED) is 0.922. The van der Waals surface area contributed by atoms with Gasteiger partial charge in [0.2, 0.25) is 5.91 Å². The molecular weight excluding hydrogens is 288 g/mol. The number of fused-ring (bicyclic) bond motifs is 1. The molecule has 0 radical (unpaired) electrons. The van der Waals surface area contributed by atoms with E-state index in [1.807, 2.05) is 18.2 Å². The molecule has 0 fully saturated rings. The summed E-state index contributed by atoms with van der Waals surface area (Å²) in [6.45, 7) is 0. The van der Waals surface area contributed by atoms with Crippen molar-refractivity contribution in [2.45, 2.75) is 38.1 Å². The Kier molecular flexibility index (Phi) is 4.91. The second-order valence-corrected chi connectivity index (χ2v) is 5.93. The first kappa shape index (κ1) is 15.5. The second kappa shape index (κ2) is 7.27.